The molecule has 4 rings (SSSR count). The molecule has 2 aromatic heterocycles. The highest BCUT2D eigenvalue weighted by molar-refractivity contribution is 5.94. The Kier molecular flexibility index (Phi) is 3.12. The zero-order valence-corrected chi connectivity index (χ0v) is 12.3. The van der Waals surface area contributed by atoms with E-state index >= 15 is 0 Å². The van der Waals surface area contributed by atoms with Gasteiger partial charge in [-0.05, 0) is 49.6 Å². The smallest absolute Gasteiger partial charge is 0.253 e. The molecule has 2 fully saturated rings. The molecule has 5 nitrogen and oxygen atoms in total. The molecule has 0 saturated carbocycles. The molecule has 2 bridgehead atoms. The molecule has 3 unspecified atom stereocenters. The van der Waals surface area contributed by atoms with E-state index in [2.05, 4.69) is 16.3 Å². The molecule has 1 N–H and O–H groups in total. The van der Waals surface area contributed by atoms with E-state index in [1.54, 1.807) is 16.7 Å². The van der Waals surface area contributed by atoms with Gasteiger partial charge < -0.3 is 14.6 Å². The largest absolute Gasteiger partial charge is 0.348 e. The summed E-state index contributed by atoms with van der Waals surface area (Å²) in [5, 5.41) is 12.3. The lowest BCUT2D eigenvalue weighted by atomic mass is 9.96. The first kappa shape index (κ1) is 13.4. The van der Waals surface area contributed by atoms with Crippen LogP contribution in [0, 0.1) is 17.2 Å². The van der Waals surface area contributed by atoms with Gasteiger partial charge >= 0.3 is 0 Å². The number of amides is 1. The van der Waals surface area contributed by atoms with Crippen molar-refractivity contribution in [3.63, 3.8) is 0 Å². The highest BCUT2D eigenvalue weighted by atomic mass is 16.1. The Bertz CT molecular complexity index is 761. The molecule has 0 aromatic carbocycles. The van der Waals surface area contributed by atoms with Crippen LogP contribution in [-0.2, 0) is 0 Å². The van der Waals surface area contributed by atoms with Gasteiger partial charge in [0.1, 0.15) is 11.8 Å². The number of pyridine rings is 1. The van der Waals surface area contributed by atoms with Gasteiger partial charge in [-0.2, -0.15) is 5.26 Å². The first-order chi connectivity index (χ1) is 10.7. The van der Waals surface area contributed by atoms with Crippen LogP contribution in [0.15, 0.2) is 30.5 Å². The molecule has 4 heterocycles. The first-order valence-corrected chi connectivity index (χ1v) is 7.77. The minimum absolute atomic E-state index is 0.0491. The number of fused-ring (bicyclic) bond motifs is 3. The molecule has 5 heteroatoms. The third kappa shape index (κ3) is 2.26. The summed E-state index contributed by atoms with van der Waals surface area (Å²) < 4.78 is 1.77. The van der Waals surface area contributed by atoms with Gasteiger partial charge in [0.25, 0.3) is 5.91 Å². The van der Waals surface area contributed by atoms with E-state index in [0.29, 0.717) is 11.3 Å². The summed E-state index contributed by atoms with van der Waals surface area (Å²) in [4.78, 5) is 14.9. The molecule has 22 heavy (non-hydrogen) atoms. The summed E-state index contributed by atoms with van der Waals surface area (Å²) in [5.74, 6) is 0.683. The fraction of sp³-hybridized carbons (Fsp3) is 0.412. The van der Waals surface area contributed by atoms with Gasteiger partial charge in [-0.3, -0.25) is 4.79 Å². The number of nitrogens with one attached hydrogen (secondary N) is 1. The summed E-state index contributed by atoms with van der Waals surface area (Å²) in [5.41, 5.74) is 2.08. The van der Waals surface area contributed by atoms with E-state index < -0.39 is 0 Å². The number of carbonyl (C=O) groups excluding carboxylic acids is 1. The minimum Gasteiger partial charge on any atom is -0.348 e. The van der Waals surface area contributed by atoms with Crippen LogP contribution in [0.4, 0.5) is 0 Å². The molecule has 2 aliphatic rings. The molecular weight excluding hydrogens is 276 g/mol. The number of hydrogen-bond acceptors (Lipinski definition) is 3. The van der Waals surface area contributed by atoms with Crippen molar-refractivity contribution >= 4 is 11.4 Å². The highest BCUT2D eigenvalue weighted by Crippen LogP contribution is 2.26. The van der Waals surface area contributed by atoms with E-state index in [1.165, 1.54) is 13.0 Å². The van der Waals surface area contributed by atoms with Crippen LogP contribution < -0.4 is 5.32 Å². The average Bonchev–Trinajstić information content (AvgIpc) is 3.09. The number of rotatable bonds is 2. The summed E-state index contributed by atoms with van der Waals surface area (Å²) in [7, 11) is 0. The van der Waals surface area contributed by atoms with Gasteiger partial charge in [0.05, 0.1) is 5.56 Å². The maximum absolute atomic E-state index is 12.5. The molecule has 0 aliphatic carbocycles. The van der Waals surface area contributed by atoms with Crippen molar-refractivity contribution in [1.82, 2.24) is 14.6 Å². The summed E-state index contributed by atoms with van der Waals surface area (Å²) in [6.07, 6.45) is 4.09. The average molecular weight is 294 g/mol. The predicted molar refractivity (Wildman–Crippen MR) is 82.5 cm³/mol. The molecule has 0 radical (unpaired) electrons. The lowest BCUT2D eigenvalue weighted by Gasteiger charge is -2.30. The van der Waals surface area contributed by atoms with Crippen molar-refractivity contribution in [3.8, 4) is 6.07 Å². The molecule has 112 valence electrons. The van der Waals surface area contributed by atoms with E-state index in [0.717, 1.165) is 30.9 Å². The van der Waals surface area contributed by atoms with Gasteiger partial charge in [-0.15, -0.1) is 0 Å². The summed E-state index contributed by atoms with van der Waals surface area (Å²) >= 11 is 0. The van der Waals surface area contributed by atoms with Crippen molar-refractivity contribution in [2.24, 2.45) is 5.92 Å². The van der Waals surface area contributed by atoms with E-state index in [9.17, 15) is 4.79 Å². The zero-order valence-electron chi connectivity index (χ0n) is 12.3. The lowest BCUT2D eigenvalue weighted by molar-refractivity contribution is 0.0909. The monoisotopic (exact) mass is 294 g/mol. The second kappa shape index (κ2) is 5.15. The van der Waals surface area contributed by atoms with Crippen LogP contribution in [0.25, 0.3) is 5.52 Å². The Hall–Kier alpha value is -2.32. The van der Waals surface area contributed by atoms with Crippen molar-refractivity contribution < 1.29 is 4.79 Å². The van der Waals surface area contributed by atoms with Gasteiger partial charge in [0.15, 0.2) is 0 Å². The maximum atomic E-state index is 12.5. The molecule has 1 amide bonds. The summed E-state index contributed by atoms with van der Waals surface area (Å²) in [6, 6.07) is 9.73. The molecule has 3 atom stereocenters. The Balaban J connectivity index is 1.54. The second-order valence-electron chi connectivity index (χ2n) is 6.36. The molecule has 2 aromatic rings. The van der Waals surface area contributed by atoms with Gasteiger partial charge in [0.2, 0.25) is 0 Å². The van der Waals surface area contributed by atoms with Crippen LogP contribution >= 0.6 is 0 Å². The van der Waals surface area contributed by atoms with E-state index in [1.807, 2.05) is 18.2 Å². The quantitative estimate of drug-likeness (QED) is 0.916. The van der Waals surface area contributed by atoms with Crippen molar-refractivity contribution in [1.29, 1.82) is 5.26 Å². The number of hydrogen-bond donors (Lipinski definition) is 1. The van der Waals surface area contributed by atoms with Crippen LogP contribution in [0.5, 0.6) is 0 Å². The summed E-state index contributed by atoms with van der Waals surface area (Å²) in [6.45, 7) is 3.31. The van der Waals surface area contributed by atoms with Crippen LogP contribution in [0.3, 0.4) is 0 Å². The fourth-order valence-corrected chi connectivity index (χ4v) is 3.76. The second-order valence-corrected chi connectivity index (χ2v) is 6.36. The topological polar surface area (TPSA) is 60.5 Å². The van der Waals surface area contributed by atoms with Crippen LogP contribution in [0.1, 0.15) is 28.9 Å². The van der Waals surface area contributed by atoms with Gasteiger partial charge in [0, 0.05) is 30.8 Å². The molecule has 2 aliphatic heterocycles. The number of aromatic nitrogens is 1. The van der Waals surface area contributed by atoms with Gasteiger partial charge in [-0.1, -0.05) is 0 Å². The van der Waals surface area contributed by atoms with Crippen molar-refractivity contribution in [2.75, 3.05) is 19.6 Å². The normalized spacial score (nSPS) is 26.8. The van der Waals surface area contributed by atoms with Gasteiger partial charge in [-0.25, -0.2) is 0 Å². The Morgan fingerprint density at radius 1 is 1.27 bits per heavy atom. The third-order valence-corrected chi connectivity index (χ3v) is 4.83. The number of piperidine rings is 1. The Morgan fingerprint density at radius 3 is 2.95 bits per heavy atom. The number of nitrogens with zero attached hydrogens (tertiary/aromatic N) is 3. The highest BCUT2D eigenvalue weighted by Gasteiger charge is 2.32. The van der Waals surface area contributed by atoms with Crippen LogP contribution in [0.2, 0.25) is 0 Å². The predicted octanol–water partition coefficient (Wildman–Crippen LogP) is 1.63. The van der Waals surface area contributed by atoms with Crippen molar-refractivity contribution in [2.45, 2.75) is 18.9 Å². The fourth-order valence-electron chi connectivity index (χ4n) is 3.76. The molecular formula is C17H18N4O. The first-order valence-electron chi connectivity index (χ1n) is 7.77. The Morgan fingerprint density at radius 2 is 2.14 bits per heavy atom. The zero-order chi connectivity index (χ0) is 15.1. The minimum atomic E-state index is -0.0491. The lowest BCUT2D eigenvalue weighted by Crippen LogP contribution is -2.47. The standard InChI is InChI=1S/C17H18N4O/c18-8-16-4-3-15-2-1-13(10-21(15)16)17(22)19-14-7-12-5-6-20(9-12)11-14/h1-4,10,12,14H,5-7,9,11H2,(H,19,22). The third-order valence-electron chi connectivity index (χ3n) is 4.83. The Labute approximate surface area is 129 Å². The van der Waals surface area contributed by atoms with E-state index in [4.69, 9.17) is 5.26 Å². The van der Waals surface area contributed by atoms with Crippen LogP contribution in [-0.4, -0.2) is 40.9 Å². The van der Waals surface area contributed by atoms with E-state index in [-0.39, 0.29) is 11.9 Å². The maximum Gasteiger partial charge on any atom is 0.253 e. The van der Waals surface area contributed by atoms with Crippen molar-refractivity contribution in [3.05, 3.63) is 41.7 Å². The molecule has 0 spiro atoms. The molecule has 2 saturated heterocycles. The SMILES string of the molecule is N#Cc1ccc2ccc(C(=O)NC3CC4CCN(C4)C3)cn12. The number of nitriles is 1. The number of carbonyl (C=O) groups is 1.